The minimum absolute atomic E-state index is 0.0396. The summed E-state index contributed by atoms with van der Waals surface area (Å²) in [5.41, 5.74) is -0.350. The second kappa shape index (κ2) is 5.74. The van der Waals surface area contributed by atoms with Gasteiger partial charge in [-0.25, -0.2) is 27.3 Å². The van der Waals surface area contributed by atoms with Gasteiger partial charge in [0.2, 0.25) is 10.0 Å². The van der Waals surface area contributed by atoms with Crippen LogP contribution in [0.5, 0.6) is 0 Å². The fourth-order valence-electron chi connectivity index (χ4n) is 1.15. The zero-order valence-electron chi connectivity index (χ0n) is 9.47. The van der Waals surface area contributed by atoms with Crippen LogP contribution >= 0.6 is 0 Å². The van der Waals surface area contributed by atoms with Crippen LogP contribution in [-0.4, -0.2) is 43.8 Å². The van der Waals surface area contributed by atoms with Crippen LogP contribution in [0.1, 0.15) is 10.4 Å². The Labute approximate surface area is 103 Å². The average molecular weight is 277 g/mol. The van der Waals surface area contributed by atoms with Gasteiger partial charge in [-0.3, -0.25) is 0 Å². The number of carbonyl (C=O) groups is 1. The van der Waals surface area contributed by atoms with E-state index in [0.717, 1.165) is 12.3 Å². The number of nitrogens with zero attached hydrogens (tertiary/aromatic N) is 1. The SMILES string of the molecule is CNS(=O)(=O)CCNc1ncc(F)cc1C(=O)O. The molecule has 7 nitrogen and oxygen atoms in total. The Morgan fingerprint density at radius 2 is 2.22 bits per heavy atom. The largest absolute Gasteiger partial charge is 0.478 e. The number of pyridine rings is 1. The smallest absolute Gasteiger partial charge is 0.339 e. The van der Waals surface area contributed by atoms with E-state index < -0.39 is 21.8 Å². The zero-order valence-corrected chi connectivity index (χ0v) is 10.3. The minimum atomic E-state index is -3.39. The number of anilines is 1. The lowest BCUT2D eigenvalue weighted by molar-refractivity contribution is 0.0697. The Hall–Kier alpha value is -1.74. The van der Waals surface area contributed by atoms with Gasteiger partial charge in [0, 0.05) is 6.54 Å². The number of hydrogen-bond donors (Lipinski definition) is 3. The number of aromatic nitrogens is 1. The van der Waals surface area contributed by atoms with E-state index in [2.05, 4.69) is 15.0 Å². The highest BCUT2D eigenvalue weighted by atomic mass is 32.2. The molecule has 0 radical (unpaired) electrons. The van der Waals surface area contributed by atoms with E-state index in [9.17, 15) is 17.6 Å². The van der Waals surface area contributed by atoms with Gasteiger partial charge < -0.3 is 10.4 Å². The number of halogens is 1. The van der Waals surface area contributed by atoms with Crippen LogP contribution in [0.3, 0.4) is 0 Å². The van der Waals surface area contributed by atoms with Gasteiger partial charge in [-0.2, -0.15) is 0 Å². The predicted octanol–water partition coefficient (Wildman–Crippen LogP) is -0.120. The molecule has 0 fully saturated rings. The predicted molar refractivity (Wildman–Crippen MR) is 62.5 cm³/mol. The standard InChI is InChI=1S/C9H12FN3O4S/c1-11-18(16,17)3-2-12-8-7(9(14)15)4-6(10)5-13-8/h4-5,11H,2-3H2,1H3,(H,12,13)(H,14,15). The molecule has 9 heteroatoms. The summed E-state index contributed by atoms with van der Waals surface area (Å²) < 4.78 is 37.2. The number of carboxylic acids is 1. The van der Waals surface area contributed by atoms with E-state index in [-0.39, 0.29) is 23.7 Å². The Balaban J connectivity index is 2.77. The highest BCUT2D eigenvalue weighted by Crippen LogP contribution is 2.13. The Bertz CT molecular complexity index is 547. The third-order valence-electron chi connectivity index (χ3n) is 2.06. The molecule has 0 aliphatic heterocycles. The van der Waals surface area contributed by atoms with Crippen molar-refractivity contribution in [3.05, 3.63) is 23.6 Å². The van der Waals surface area contributed by atoms with E-state index in [1.165, 1.54) is 7.05 Å². The lowest BCUT2D eigenvalue weighted by atomic mass is 10.2. The molecule has 0 bridgehead atoms. The highest BCUT2D eigenvalue weighted by molar-refractivity contribution is 7.89. The molecule has 18 heavy (non-hydrogen) atoms. The van der Waals surface area contributed by atoms with Crippen LogP contribution in [-0.2, 0) is 10.0 Å². The molecular formula is C9H12FN3O4S. The first-order chi connectivity index (χ1) is 8.35. The van der Waals surface area contributed by atoms with Gasteiger partial charge in [-0.05, 0) is 13.1 Å². The first-order valence-corrected chi connectivity index (χ1v) is 6.55. The fourth-order valence-corrected chi connectivity index (χ4v) is 1.72. The summed E-state index contributed by atoms with van der Waals surface area (Å²) in [7, 11) is -2.12. The molecule has 1 rings (SSSR count). The van der Waals surface area contributed by atoms with Crippen molar-refractivity contribution in [2.75, 3.05) is 24.7 Å². The van der Waals surface area contributed by atoms with Gasteiger partial charge in [0.25, 0.3) is 0 Å². The Morgan fingerprint density at radius 3 is 2.78 bits per heavy atom. The zero-order chi connectivity index (χ0) is 13.8. The highest BCUT2D eigenvalue weighted by Gasteiger charge is 2.13. The summed E-state index contributed by atoms with van der Waals surface area (Å²) in [5.74, 6) is -2.45. The lowest BCUT2D eigenvalue weighted by Crippen LogP contribution is -2.26. The molecule has 0 spiro atoms. The number of sulfonamides is 1. The third kappa shape index (κ3) is 3.93. The van der Waals surface area contributed by atoms with Crippen LogP contribution in [0.15, 0.2) is 12.3 Å². The van der Waals surface area contributed by atoms with Crippen molar-refractivity contribution in [1.82, 2.24) is 9.71 Å². The van der Waals surface area contributed by atoms with E-state index in [1.807, 2.05) is 0 Å². The average Bonchev–Trinajstić information content (AvgIpc) is 2.30. The number of aromatic carboxylic acids is 1. The molecular weight excluding hydrogens is 265 g/mol. The maximum Gasteiger partial charge on any atom is 0.339 e. The second-order valence-electron chi connectivity index (χ2n) is 3.30. The first-order valence-electron chi connectivity index (χ1n) is 4.89. The van der Waals surface area contributed by atoms with Crippen molar-refractivity contribution in [1.29, 1.82) is 0 Å². The van der Waals surface area contributed by atoms with Crippen molar-refractivity contribution >= 4 is 21.8 Å². The molecule has 0 unspecified atom stereocenters. The molecule has 0 saturated heterocycles. The normalized spacial score (nSPS) is 11.2. The fraction of sp³-hybridized carbons (Fsp3) is 0.333. The maximum absolute atomic E-state index is 12.8. The van der Waals surface area contributed by atoms with Crippen molar-refractivity contribution in [3.8, 4) is 0 Å². The van der Waals surface area contributed by atoms with E-state index in [0.29, 0.717) is 0 Å². The summed E-state index contributed by atoms with van der Waals surface area (Å²) in [6, 6.07) is 0.810. The summed E-state index contributed by atoms with van der Waals surface area (Å²) in [6.07, 6.45) is 0.849. The van der Waals surface area contributed by atoms with Gasteiger partial charge in [0.15, 0.2) is 0 Å². The van der Waals surface area contributed by atoms with Crippen LogP contribution < -0.4 is 10.0 Å². The monoisotopic (exact) mass is 277 g/mol. The molecule has 1 aromatic heterocycles. The summed E-state index contributed by atoms with van der Waals surface area (Å²) in [4.78, 5) is 14.4. The number of hydrogen-bond acceptors (Lipinski definition) is 5. The molecule has 1 heterocycles. The molecule has 0 saturated carbocycles. The van der Waals surface area contributed by atoms with Gasteiger partial charge in [0.05, 0.1) is 11.9 Å². The minimum Gasteiger partial charge on any atom is -0.478 e. The van der Waals surface area contributed by atoms with Gasteiger partial charge >= 0.3 is 5.97 Å². The molecule has 1 aromatic rings. The first kappa shape index (κ1) is 14.3. The van der Waals surface area contributed by atoms with Crippen molar-refractivity contribution in [2.45, 2.75) is 0 Å². The second-order valence-corrected chi connectivity index (χ2v) is 5.35. The van der Waals surface area contributed by atoms with Crippen molar-refractivity contribution in [3.63, 3.8) is 0 Å². The summed E-state index contributed by atoms with van der Waals surface area (Å²) in [6.45, 7) is -0.0396. The van der Waals surface area contributed by atoms with Gasteiger partial charge in [-0.1, -0.05) is 0 Å². The van der Waals surface area contributed by atoms with Crippen molar-refractivity contribution < 1.29 is 22.7 Å². The molecule has 100 valence electrons. The lowest BCUT2D eigenvalue weighted by Gasteiger charge is -2.08. The third-order valence-corrected chi connectivity index (χ3v) is 3.42. The van der Waals surface area contributed by atoms with Crippen LogP contribution in [0.4, 0.5) is 10.2 Å². The number of nitrogens with one attached hydrogen (secondary N) is 2. The molecule has 0 aliphatic carbocycles. The molecule has 0 atom stereocenters. The van der Waals surface area contributed by atoms with Crippen LogP contribution in [0.2, 0.25) is 0 Å². The molecule has 0 aliphatic rings. The Morgan fingerprint density at radius 1 is 1.56 bits per heavy atom. The molecule has 0 amide bonds. The number of rotatable bonds is 6. The van der Waals surface area contributed by atoms with E-state index in [1.54, 1.807) is 0 Å². The topological polar surface area (TPSA) is 108 Å². The molecule has 3 N–H and O–H groups in total. The Kier molecular flexibility index (Phi) is 4.56. The summed E-state index contributed by atoms with van der Waals surface area (Å²) in [5, 5.41) is 11.4. The summed E-state index contributed by atoms with van der Waals surface area (Å²) >= 11 is 0. The van der Waals surface area contributed by atoms with Crippen LogP contribution in [0, 0.1) is 5.82 Å². The van der Waals surface area contributed by atoms with Crippen LogP contribution in [0.25, 0.3) is 0 Å². The van der Waals surface area contributed by atoms with Crippen molar-refractivity contribution in [2.24, 2.45) is 0 Å². The number of carboxylic acid groups (broad SMARTS) is 1. The van der Waals surface area contributed by atoms with E-state index in [4.69, 9.17) is 5.11 Å². The van der Waals surface area contributed by atoms with Gasteiger partial charge in [0.1, 0.15) is 17.2 Å². The van der Waals surface area contributed by atoms with Gasteiger partial charge in [-0.15, -0.1) is 0 Å². The molecule has 0 aromatic carbocycles. The van der Waals surface area contributed by atoms with E-state index >= 15 is 0 Å². The quantitative estimate of drug-likeness (QED) is 0.669. The maximum atomic E-state index is 12.8.